The summed E-state index contributed by atoms with van der Waals surface area (Å²) in [6.07, 6.45) is 8.80. The molecule has 4 rings (SSSR count). The van der Waals surface area contributed by atoms with Crippen LogP contribution in [0.4, 0.5) is 5.69 Å². The lowest BCUT2D eigenvalue weighted by Crippen LogP contribution is -2.36. The highest BCUT2D eigenvalue weighted by atomic mass is 16.5. The quantitative estimate of drug-likeness (QED) is 0.507. The Morgan fingerprint density at radius 3 is 2.50 bits per heavy atom. The summed E-state index contributed by atoms with van der Waals surface area (Å²) in [5, 5.41) is 4.51. The van der Waals surface area contributed by atoms with Gasteiger partial charge in [0, 0.05) is 61.1 Å². The maximum atomic E-state index is 12.6. The molecular formula is C22H22N4O2. The standard InChI is InChI=1S/C22H22N4O2/c1-25-16-19(22(24-25)18-8-10-23-11-9-18)4-7-21(27)17-2-5-20(6-3-17)26-12-14-28-15-13-26/h2-11,16H,12-15H2,1H3/b7-4+. The van der Waals surface area contributed by atoms with Gasteiger partial charge in [-0.3, -0.25) is 14.5 Å². The Morgan fingerprint density at radius 1 is 1.07 bits per heavy atom. The lowest BCUT2D eigenvalue weighted by atomic mass is 10.1. The normalized spacial score (nSPS) is 14.5. The van der Waals surface area contributed by atoms with Gasteiger partial charge in [0.15, 0.2) is 5.78 Å². The molecule has 6 nitrogen and oxygen atoms in total. The zero-order valence-electron chi connectivity index (χ0n) is 15.8. The van der Waals surface area contributed by atoms with E-state index in [1.165, 1.54) is 0 Å². The van der Waals surface area contributed by atoms with Crippen molar-refractivity contribution in [2.45, 2.75) is 0 Å². The number of carbonyl (C=O) groups is 1. The predicted octanol–water partition coefficient (Wildman–Crippen LogP) is 3.21. The number of ether oxygens (including phenoxy) is 1. The molecular weight excluding hydrogens is 352 g/mol. The molecule has 3 heterocycles. The fraction of sp³-hybridized carbons (Fsp3) is 0.227. The zero-order valence-corrected chi connectivity index (χ0v) is 15.8. The van der Waals surface area contributed by atoms with E-state index in [2.05, 4.69) is 15.0 Å². The van der Waals surface area contributed by atoms with E-state index in [4.69, 9.17) is 4.74 Å². The summed E-state index contributed by atoms with van der Waals surface area (Å²) in [6.45, 7) is 3.25. The molecule has 0 unspecified atom stereocenters. The molecule has 6 heteroatoms. The SMILES string of the molecule is Cn1cc(/C=C/C(=O)c2ccc(N3CCOCC3)cc2)c(-c2ccncc2)n1. The average molecular weight is 374 g/mol. The van der Waals surface area contributed by atoms with E-state index in [1.807, 2.05) is 55.7 Å². The molecule has 0 bridgehead atoms. The predicted molar refractivity (Wildman–Crippen MR) is 109 cm³/mol. The van der Waals surface area contributed by atoms with Crippen LogP contribution in [0.3, 0.4) is 0 Å². The summed E-state index contributed by atoms with van der Waals surface area (Å²) in [7, 11) is 1.87. The lowest BCUT2D eigenvalue weighted by molar-refractivity contribution is 0.104. The zero-order chi connectivity index (χ0) is 19.3. The van der Waals surface area contributed by atoms with Crippen molar-refractivity contribution >= 4 is 17.5 Å². The molecule has 0 spiro atoms. The summed E-state index contributed by atoms with van der Waals surface area (Å²) < 4.78 is 7.13. The van der Waals surface area contributed by atoms with E-state index < -0.39 is 0 Å². The third-order valence-corrected chi connectivity index (χ3v) is 4.75. The topological polar surface area (TPSA) is 60.2 Å². The largest absolute Gasteiger partial charge is 0.378 e. The van der Waals surface area contributed by atoms with Gasteiger partial charge >= 0.3 is 0 Å². The third kappa shape index (κ3) is 4.02. The van der Waals surface area contributed by atoms with Crippen molar-refractivity contribution in [2.24, 2.45) is 7.05 Å². The molecule has 0 N–H and O–H groups in total. The fourth-order valence-corrected chi connectivity index (χ4v) is 3.28. The molecule has 1 aromatic carbocycles. The summed E-state index contributed by atoms with van der Waals surface area (Å²) in [4.78, 5) is 18.9. The van der Waals surface area contributed by atoms with Gasteiger partial charge in [-0.15, -0.1) is 0 Å². The molecule has 142 valence electrons. The molecule has 3 aromatic rings. The van der Waals surface area contributed by atoms with E-state index in [-0.39, 0.29) is 5.78 Å². The van der Waals surface area contributed by atoms with Crippen LogP contribution in [0.2, 0.25) is 0 Å². The van der Waals surface area contributed by atoms with Crippen molar-refractivity contribution in [1.82, 2.24) is 14.8 Å². The summed E-state index contributed by atoms with van der Waals surface area (Å²) >= 11 is 0. The van der Waals surface area contributed by atoms with E-state index in [9.17, 15) is 4.79 Å². The van der Waals surface area contributed by atoms with Gasteiger partial charge in [-0.05, 0) is 48.6 Å². The van der Waals surface area contributed by atoms with Crippen LogP contribution < -0.4 is 4.90 Å². The molecule has 1 fully saturated rings. The molecule has 0 atom stereocenters. The van der Waals surface area contributed by atoms with Crippen LogP contribution in [0.1, 0.15) is 15.9 Å². The van der Waals surface area contributed by atoms with Gasteiger partial charge in [0.05, 0.1) is 18.9 Å². The number of anilines is 1. The molecule has 1 aliphatic rings. The number of hydrogen-bond acceptors (Lipinski definition) is 5. The Bertz CT molecular complexity index is 972. The first-order valence-corrected chi connectivity index (χ1v) is 9.30. The highest BCUT2D eigenvalue weighted by Gasteiger charge is 2.12. The Labute approximate surface area is 164 Å². The molecule has 0 radical (unpaired) electrons. The van der Waals surface area contributed by atoms with Crippen LogP contribution in [0.25, 0.3) is 17.3 Å². The van der Waals surface area contributed by atoms with E-state index >= 15 is 0 Å². The van der Waals surface area contributed by atoms with Crippen LogP contribution in [-0.2, 0) is 11.8 Å². The van der Waals surface area contributed by atoms with E-state index in [1.54, 1.807) is 23.2 Å². The number of carbonyl (C=O) groups excluding carboxylic acids is 1. The number of aromatic nitrogens is 3. The Morgan fingerprint density at radius 2 is 1.79 bits per heavy atom. The minimum absolute atomic E-state index is 0.0296. The highest BCUT2D eigenvalue weighted by Crippen LogP contribution is 2.23. The number of allylic oxidation sites excluding steroid dienone is 1. The fourth-order valence-electron chi connectivity index (χ4n) is 3.28. The smallest absolute Gasteiger partial charge is 0.185 e. The lowest BCUT2D eigenvalue weighted by Gasteiger charge is -2.28. The van der Waals surface area contributed by atoms with Crippen molar-refractivity contribution in [3.63, 3.8) is 0 Å². The van der Waals surface area contributed by atoms with Gasteiger partial charge in [-0.2, -0.15) is 5.10 Å². The molecule has 0 saturated carbocycles. The number of nitrogens with zero attached hydrogens (tertiary/aromatic N) is 4. The molecule has 2 aromatic heterocycles. The monoisotopic (exact) mass is 374 g/mol. The molecule has 0 aliphatic carbocycles. The Hall–Kier alpha value is -3.25. The summed E-state index contributed by atoms with van der Waals surface area (Å²) in [6, 6.07) is 11.6. The van der Waals surface area contributed by atoms with Crippen molar-refractivity contribution in [3.8, 4) is 11.3 Å². The van der Waals surface area contributed by atoms with Crippen LogP contribution in [-0.4, -0.2) is 46.9 Å². The maximum Gasteiger partial charge on any atom is 0.185 e. The van der Waals surface area contributed by atoms with Crippen LogP contribution in [0, 0.1) is 0 Å². The number of ketones is 1. The third-order valence-electron chi connectivity index (χ3n) is 4.75. The average Bonchev–Trinajstić information content (AvgIpc) is 3.14. The Balaban J connectivity index is 1.50. The van der Waals surface area contributed by atoms with Crippen molar-refractivity contribution in [1.29, 1.82) is 0 Å². The maximum absolute atomic E-state index is 12.6. The van der Waals surface area contributed by atoms with Crippen molar-refractivity contribution in [3.05, 3.63) is 72.2 Å². The number of pyridine rings is 1. The van der Waals surface area contributed by atoms with Crippen LogP contribution in [0.5, 0.6) is 0 Å². The minimum atomic E-state index is -0.0296. The van der Waals surface area contributed by atoms with Crippen LogP contribution >= 0.6 is 0 Å². The second-order valence-electron chi connectivity index (χ2n) is 6.69. The number of aryl methyl sites for hydroxylation is 1. The highest BCUT2D eigenvalue weighted by molar-refractivity contribution is 6.07. The van der Waals surface area contributed by atoms with Gasteiger partial charge in [0.1, 0.15) is 0 Å². The van der Waals surface area contributed by atoms with Gasteiger partial charge in [0.25, 0.3) is 0 Å². The van der Waals surface area contributed by atoms with Gasteiger partial charge in [-0.1, -0.05) is 0 Å². The van der Waals surface area contributed by atoms with Gasteiger partial charge in [-0.25, -0.2) is 0 Å². The number of rotatable bonds is 5. The molecule has 0 amide bonds. The molecule has 1 saturated heterocycles. The first-order chi connectivity index (χ1) is 13.7. The second kappa shape index (κ2) is 8.19. The first-order valence-electron chi connectivity index (χ1n) is 9.30. The summed E-state index contributed by atoms with van der Waals surface area (Å²) in [5.74, 6) is -0.0296. The minimum Gasteiger partial charge on any atom is -0.378 e. The Kier molecular flexibility index (Phi) is 5.30. The molecule has 28 heavy (non-hydrogen) atoms. The summed E-state index contributed by atoms with van der Waals surface area (Å²) in [5.41, 5.74) is 4.49. The van der Waals surface area contributed by atoms with E-state index in [0.29, 0.717) is 5.56 Å². The number of hydrogen-bond donors (Lipinski definition) is 0. The number of morpholine rings is 1. The van der Waals surface area contributed by atoms with Gasteiger partial charge in [0.2, 0.25) is 0 Å². The van der Waals surface area contributed by atoms with Crippen molar-refractivity contribution < 1.29 is 9.53 Å². The number of benzene rings is 1. The van der Waals surface area contributed by atoms with Gasteiger partial charge < -0.3 is 9.64 Å². The van der Waals surface area contributed by atoms with Crippen LogP contribution in [0.15, 0.2) is 61.1 Å². The van der Waals surface area contributed by atoms with E-state index in [0.717, 1.165) is 48.8 Å². The molecule has 1 aliphatic heterocycles. The van der Waals surface area contributed by atoms with Crippen molar-refractivity contribution in [2.75, 3.05) is 31.2 Å². The second-order valence-corrected chi connectivity index (χ2v) is 6.69. The first kappa shape index (κ1) is 18.1.